The lowest BCUT2D eigenvalue weighted by Crippen LogP contribution is -1.96. The van der Waals surface area contributed by atoms with E-state index in [0.29, 0.717) is 0 Å². The van der Waals surface area contributed by atoms with Crippen LogP contribution in [-0.4, -0.2) is 13.7 Å². The van der Waals surface area contributed by atoms with Crippen LogP contribution in [0.5, 0.6) is 0 Å². The molecule has 5 nitrogen and oxygen atoms in total. The minimum absolute atomic E-state index is 0.821. The topological polar surface area (TPSA) is 41.1 Å². The molecule has 5 heteroatoms. The second-order valence-electron chi connectivity index (χ2n) is 16.1. The number of benzene rings is 8. The van der Waals surface area contributed by atoms with E-state index in [1.54, 1.807) is 12.2 Å². The zero-order chi connectivity index (χ0) is 45.1. The summed E-state index contributed by atoms with van der Waals surface area (Å²) < 4.78 is 20.5. The first-order valence-electron chi connectivity index (χ1n) is 22.6. The molecule has 5 heterocycles. The van der Waals surface area contributed by atoms with Crippen LogP contribution < -0.4 is 0 Å². The molecule has 0 aliphatic heterocycles. The summed E-state index contributed by atoms with van der Waals surface area (Å²) in [4.78, 5) is 0. The number of allylic oxidation sites excluding steroid dienone is 3. The zero-order valence-electron chi connectivity index (χ0n) is 37.3. The maximum absolute atomic E-state index is 7.19. The number of rotatable bonds is 6. The first-order valence-corrected chi connectivity index (χ1v) is 22.6. The molecule has 0 saturated heterocycles. The third-order valence-electron chi connectivity index (χ3n) is 12.7. The molecule has 0 fully saturated rings. The van der Waals surface area contributed by atoms with E-state index in [9.17, 15) is 0 Å². The van der Waals surface area contributed by atoms with Gasteiger partial charge in [-0.15, -0.1) is 0 Å². The van der Waals surface area contributed by atoms with Crippen LogP contribution >= 0.6 is 0 Å². The van der Waals surface area contributed by atoms with Gasteiger partial charge in [0.2, 0.25) is 0 Å². The van der Waals surface area contributed by atoms with E-state index in [-0.39, 0.29) is 0 Å². The van der Waals surface area contributed by atoms with E-state index in [0.717, 1.165) is 111 Å². The lowest BCUT2D eigenvalue weighted by atomic mass is 10.1. The maximum atomic E-state index is 7.19. The molecule has 0 bridgehead atoms. The van der Waals surface area contributed by atoms with Crippen LogP contribution in [0.4, 0.5) is 0 Å². The number of para-hydroxylation sites is 4. The Labute approximate surface area is 382 Å². The van der Waals surface area contributed by atoms with Crippen molar-refractivity contribution in [2.75, 3.05) is 0 Å². The average molecular weight is 854 g/mol. The van der Waals surface area contributed by atoms with Crippen LogP contribution in [0.3, 0.4) is 0 Å². The number of fused-ring (bicyclic) bond motifs is 15. The van der Waals surface area contributed by atoms with Gasteiger partial charge in [-0.25, -0.2) is 0 Å². The highest BCUT2D eigenvalue weighted by Crippen LogP contribution is 2.45. The Hall–Kier alpha value is -8.54. The van der Waals surface area contributed by atoms with Crippen LogP contribution in [0.2, 0.25) is 0 Å². The molecular weight excluding hydrogens is 807 g/mol. The molecule has 0 atom stereocenters. The van der Waals surface area contributed by atoms with Gasteiger partial charge in [-0.05, 0) is 104 Å². The highest BCUT2D eigenvalue weighted by atomic mass is 16.3. The van der Waals surface area contributed by atoms with Crippen molar-refractivity contribution in [2.24, 2.45) is 0 Å². The van der Waals surface area contributed by atoms with Crippen molar-refractivity contribution in [3.05, 3.63) is 213 Å². The first kappa shape index (κ1) is 40.2. The molecule has 0 N–H and O–H groups in total. The fourth-order valence-corrected chi connectivity index (χ4v) is 10.1. The van der Waals surface area contributed by atoms with Crippen molar-refractivity contribution in [3.8, 4) is 17.1 Å². The van der Waals surface area contributed by atoms with Crippen molar-refractivity contribution in [3.63, 3.8) is 0 Å². The van der Waals surface area contributed by atoms with Gasteiger partial charge in [0, 0.05) is 60.3 Å². The number of hydrogen-bond donors (Lipinski definition) is 0. The van der Waals surface area contributed by atoms with Crippen molar-refractivity contribution in [1.29, 1.82) is 0 Å². The Balaban J connectivity index is 0.000000764. The van der Waals surface area contributed by atoms with E-state index < -0.39 is 0 Å². The molecule has 0 unspecified atom stereocenters. The molecule has 8 aromatic carbocycles. The van der Waals surface area contributed by atoms with E-state index >= 15 is 0 Å². The number of hydrogen-bond acceptors (Lipinski definition) is 2. The Morgan fingerprint density at radius 3 is 1.45 bits per heavy atom. The highest BCUT2D eigenvalue weighted by molar-refractivity contribution is 6.29. The molecule has 0 amide bonds. The smallest absolute Gasteiger partial charge is 0.145 e. The monoisotopic (exact) mass is 853 g/mol. The second kappa shape index (κ2) is 16.2. The maximum Gasteiger partial charge on any atom is 0.145 e. The number of nitrogens with zero attached hydrogens (tertiary/aromatic N) is 3. The van der Waals surface area contributed by atoms with Gasteiger partial charge in [-0.2, -0.15) is 0 Å². The fourth-order valence-electron chi connectivity index (χ4n) is 10.1. The largest absolute Gasteiger partial charge is 0.456 e. The molecule has 0 spiro atoms. The predicted octanol–water partition coefficient (Wildman–Crippen LogP) is 17.7. The lowest BCUT2D eigenvalue weighted by molar-refractivity contribution is 0.603. The van der Waals surface area contributed by atoms with E-state index in [1.165, 1.54) is 16.2 Å². The van der Waals surface area contributed by atoms with E-state index in [4.69, 9.17) is 8.83 Å². The Morgan fingerprint density at radius 1 is 0.409 bits per heavy atom. The standard InChI is InChI=1S/C55H35N3O2.C4H6.C2H6/c1-3-14-50-36(4-2)43-32-35(24-30-51(43)59-50)57-44-20-11-8-17-37(44)42-31-34(23-27-47(42)57)58-46-22-13-10-19-41(46)53-49(58)29-26-39-38-25-28-48-52(54(38)60-55(39)53)40-18-9-12-21-45(40)56(48)33-15-6-5-7-16-33;1-3-4-2;1-2/h3-32H,2H2,1H3;3-4H,1-2H2;1-2H3/b14-3-;;. The SMILES string of the molecule is C=CC=C.C=Cc1c(/C=C\C)oc2ccc(-n3c4ccccc4c4cc(-n5c6ccccc6c6c7oc8c(ccc9c8c8ccccc8n9-c8ccccc8)c7ccc65)ccc43)cc12.CC. The molecule has 5 aromatic heterocycles. The van der Waals surface area contributed by atoms with Gasteiger partial charge in [0.1, 0.15) is 22.5 Å². The van der Waals surface area contributed by atoms with Crippen LogP contribution in [0.25, 0.3) is 128 Å². The summed E-state index contributed by atoms with van der Waals surface area (Å²) in [6.45, 7) is 16.8. The Morgan fingerprint density at radius 2 is 0.879 bits per heavy atom. The zero-order valence-corrected chi connectivity index (χ0v) is 37.3. The summed E-state index contributed by atoms with van der Waals surface area (Å²) in [5, 5.41) is 10.2. The molecule has 0 radical (unpaired) electrons. The molecule has 13 aromatic rings. The minimum Gasteiger partial charge on any atom is -0.456 e. The predicted molar refractivity (Wildman–Crippen MR) is 283 cm³/mol. The molecule has 0 aliphatic carbocycles. The van der Waals surface area contributed by atoms with Gasteiger partial charge in [-0.1, -0.05) is 131 Å². The van der Waals surface area contributed by atoms with Crippen molar-refractivity contribution < 1.29 is 8.83 Å². The van der Waals surface area contributed by atoms with Crippen LogP contribution in [0.15, 0.2) is 211 Å². The first-order chi connectivity index (χ1) is 32.6. The van der Waals surface area contributed by atoms with Gasteiger partial charge < -0.3 is 22.5 Å². The van der Waals surface area contributed by atoms with Crippen molar-refractivity contribution in [2.45, 2.75) is 20.8 Å². The average Bonchev–Trinajstić information content (AvgIpc) is 4.18. The van der Waals surface area contributed by atoms with Gasteiger partial charge in [0.05, 0.1) is 43.9 Å². The molecule has 13 rings (SSSR count). The van der Waals surface area contributed by atoms with Crippen LogP contribution in [0, 0.1) is 0 Å². The van der Waals surface area contributed by atoms with Gasteiger partial charge in [0.15, 0.2) is 0 Å². The van der Waals surface area contributed by atoms with Gasteiger partial charge in [-0.3, -0.25) is 0 Å². The lowest BCUT2D eigenvalue weighted by Gasteiger charge is -2.10. The highest BCUT2D eigenvalue weighted by Gasteiger charge is 2.23. The second-order valence-corrected chi connectivity index (χ2v) is 16.1. The van der Waals surface area contributed by atoms with Gasteiger partial charge >= 0.3 is 0 Å². The molecule has 0 saturated carbocycles. The third-order valence-corrected chi connectivity index (χ3v) is 12.7. The Bertz CT molecular complexity index is 4080. The summed E-state index contributed by atoms with van der Waals surface area (Å²) >= 11 is 0. The molecular formula is C61H47N3O2. The summed E-state index contributed by atoms with van der Waals surface area (Å²) in [5.74, 6) is 0.821. The normalized spacial score (nSPS) is 11.7. The summed E-state index contributed by atoms with van der Waals surface area (Å²) in [6, 6.07) is 59.0. The third kappa shape index (κ3) is 5.94. The quantitative estimate of drug-likeness (QED) is 0.156. The van der Waals surface area contributed by atoms with Crippen molar-refractivity contribution >= 4 is 110 Å². The van der Waals surface area contributed by atoms with E-state index in [1.807, 2.05) is 39.0 Å². The number of aromatic nitrogens is 3. The molecule has 318 valence electrons. The van der Waals surface area contributed by atoms with Crippen molar-refractivity contribution in [1.82, 2.24) is 13.7 Å². The molecule has 66 heavy (non-hydrogen) atoms. The van der Waals surface area contributed by atoms with Crippen LogP contribution in [0.1, 0.15) is 32.1 Å². The minimum atomic E-state index is 0.821. The van der Waals surface area contributed by atoms with Gasteiger partial charge in [0.25, 0.3) is 0 Å². The Kier molecular flexibility index (Phi) is 9.89. The fraction of sp³-hybridized carbons (Fsp3) is 0.0492. The van der Waals surface area contributed by atoms with E-state index in [2.05, 4.69) is 197 Å². The summed E-state index contributed by atoms with van der Waals surface area (Å²) in [7, 11) is 0. The summed E-state index contributed by atoms with van der Waals surface area (Å²) in [5.41, 5.74) is 13.8. The van der Waals surface area contributed by atoms with Crippen LogP contribution in [-0.2, 0) is 0 Å². The number of furan rings is 2. The summed E-state index contributed by atoms with van der Waals surface area (Å²) in [6.07, 6.45) is 9.16. The molecule has 0 aliphatic rings.